The Bertz CT molecular complexity index is 617. The van der Waals surface area contributed by atoms with E-state index < -0.39 is 0 Å². The zero-order chi connectivity index (χ0) is 14.7. The monoisotopic (exact) mass is 346 g/mol. The molecule has 0 aromatic carbocycles. The van der Waals surface area contributed by atoms with Crippen LogP contribution in [0.5, 0.6) is 0 Å². The molecule has 3 heterocycles. The Morgan fingerprint density at radius 3 is 2.95 bits per heavy atom. The van der Waals surface area contributed by atoms with E-state index in [1.54, 1.807) is 18.5 Å². The highest BCUT2D eigenvalue weighted by Gasteiger charge is 2.29. The molecule has 3 rings (SSSR count). The van der Waals surface area contributed by atoms with Gasteiger partial charge in [-0.25, -0.2) is 4.98 Å². The van der Waals surface area contributed by atoms with Crippen molar-refractivity contribution in [1.29, 1.82) is 0 Å². The van der Waals surface area contributed by atoms with Crippen molar-refractivity contribution < 1.29 is 4.79 Å². The Labute approximate surface area is 131 Å². The van der Waals surface area contributed by atoms with Crippen LogP contribution in [0.25, 0.3) is 0 Å². The standard InChI is InChI=1S/C15H15BrN4O/c16-12-3-4-13(19-9-12)15(21)20-7-6-18-10-14(20)11-2-1-5-17-8-11/h1-5,8-9,14,18H,6-7,10H2. The minimum atomic E-state index is -0.0437. The van der Waals surface area contributed by atoms with Gasteiger partial charge in [-0.3, -0.25) is 9.78 Å². The molecule has 0 radical (unpaired) electrons. The summed E-state index contributed by atoms with van der Waals surface area (Å²) >= 11 is 3.33. The van der Waals surface area contributed by atoms with E-state index in [4.69, 9.17) is 0 Å². The maximum atomic E-state index is 12.7. The fourth-order valence-electron chi connectivity index (χ4n) is 2.47. The molecule has 0 saturated carbocycles. The van der Waals surface area contributed by atoms with Crippen LogP contribution in [0.1, 0.15) is 22.1 Å². The second-order valence-electron chi connectivity index (χ2n) is 4.87. The Morgan fingerprint density at radius 2 is 2.24 bits per heavy atom. The third kappa shape index (κ3) is 3.11. The third-order valence-corrected chi connectivity index (χ3v) is 3.99. The molecular weight excluding hydrogens is 332 g/mol. The van der Waals surface area contributed by atoms with Crippen LogP contribution in [0.15, 0.2) is 47.3 Å². The smallest absolute Gasteiger partial charge is 0.273 e. The van der Waals surface area contributed by atoms with E-state index in [2.05, 4.69) is 31.2 Å². The number of carbonyl (C=O) groups is 1. The summed E-state index contributed by atoms with van der Waals surface area (Å²) in [6.07, 6.45) is 5.20. The van der Waals surface area contributed by atoms with Gasteiger partial charge in [0.15, 0.2) is 0 Å². The maximum Gasteiger partial charge on any atom is 0.273 e. The van der Waals surface area contributed by atoms with Crippen LogP contribution in [0.3, 0.4) is 0 Å². The van der Waals surface area contributed by atoms with E-state index in [1.807, 2.05) is 29.3 Å². The van der Waals surface area contributed by atoms with Gasteiger partial charge in [0.05, 0.1) is 6.04 Å². The van der Waals surface area contributed by atoms with Gasteiger partial charge in [0, 0.05) is 42.7 Å². The first kappa shape index (κ1) is 14.2. The summed E-state index contributed by atoms with van der Waals surface area (Å²) in [5.41, 5.74) is 1.50. The zero-order valence-corrected chi connectivity index (χ0v) is 13.0. The second-order valence-corrected chi connectivity index (χ2v) is 5.78. The predicted molar refractivity (Wildman–Crippen MR) is 82.8 cm³/mol. The van der Waals surface area contributed by atoms with E-state index in [0.29, 0.717) is 12.2 Å². The Hall–Kier alpha value is -1.79. The van der Waals surface area contributed by atoms with Gasteiger partial charge in [0.1, 0.15) is 5.69 Å². The van der Waals surface area contributed by atoms with Crippen molar-refractivity contribution >= 4 is 21.8 Å². The highest BCUT2D eigenvalue weighted by Crippen LogP contribution is 2.23. The minimum absolute atomic E-state index is 0.00889. The number of aromatic nitrogens is 2. The van der Waals surface area contributed by atoms with Gasteiger partial charge >= 0.3 is 0 Å². The molecule has 1 amide bonds. The number of halogens is 1. The zero-order valence-electron chi connectivity index (χ0n) is 11.4. The summed E-state index contributed by atoms with van der Waals surface area (Å²) < 4.78 is 0.864. The van der Waals surface area contributed by atoms with Gasteiger partial charge in [-0.1, -0.05) is 6.07 Å². The molecule has 1 unspecified atom stereocenters. The van der Waals surface area contributed by atoms with E-state index >= 15 is 0 Å². The molecule has 21 heavy (non-hydrogen) atoms. The Kier molecular flexibility index (Phi) is 4.26. The average Bonchev–Trinajstić information content (AvgIpc) is 2.56. The first-order valence-corrected chi connectivity index (χ1v) is 7.58. The molecule has 2 aromatic heterocycles. The largest absolute Gasteiger partial charge is 0.328 e. The molecule has 1 aliphatic rings. The first-order valence-electron chi connectivity index (χ1n) is 6.79. The lowest BCUT2D eigenvalue weighted by atomic mass is 10.0. The van der Waals surface area contributed by atoms with E-state index in [1.165, 1.54) is 0 Å². The van der Waals surface area contributed by atoms with Gasteiger partial charge in [0.2, 0.25) is 0 Å². The van der Waals surface area contributed by atoms with Crippen LogP contribution in [0.4, 0.5) is 0 Å². The molecule has 108 valence electrons. The third-order valence-electron chi connectivity index (χ3n) is 3.52. The van der Waals surface area contributed by atoms with E-state index in [9.17, 15) is 4.79 Å². The molecule has 0 spiro atoms. The lowest BCUT2D eigenvalue weighted by molar-refractivity contribution is 0.0628. The second kappa shape index (κ2) is 6.32. The van der Waals surface area contributed by atoms with Crippen LogP contribution in [-0.4, -0.2) is 40.4 Å². The van der Waals surface area contributed by atoms with Crippen LogP contribution in [0, 0.1) is 0 Å². The van der Waals surface area contributed by atoms with Crippen molar-refractivity contribution in [3.63, 3.8) is 0 Å². The first-order chi connectivity index (χ1) is 10.3. The van der Waals surface area contributed by atoms with Crippen molar-refractivity contribution in [2.45, 2.75) is 6.04 Å². The summed E-state index contributed by atoms with van der Waals surface area (Å²) in [5.74, 6) is -0.0437. The molecule has 1 fully saturated rings. The molecule has 5 nitrogen and oxygen atoms in total. The number of carbonyl (C=O) groups excluding carboxylic acids is 1. The number of piperazine rings is 1. The van der Waals surface area contributed by atoms with Gasteiger partial charge in [-0.2, -0.15) is 0 Å². The molecule has 2 aromatic rings. The molecule has 0 aliphatic carbocycles. The highest BCUT2D eigenvalue weighted by molar-refractivity contribution is 9.10. The number of rotatable bonds is 2. The van der Waals surface area contributed by atoms with Gasteiger partial charge in [-0.05, 0) is 39.7 Å². The van der Waals surface area contributed by atoms with E-state index in [-0.39, 0.29) is 11.9 Å². The number of hydrogen-bond donors (Lipinski definition) is 1. The number of hydrogen-bond acceptors (Lipinski definition) is 4. The number of nitrogens with zero attached hydrogens (tertiary/aromatic N) is 3. The number of pyridine rings is 2. The fourth-order valence-corrected chi connectivity index (χ4v) is 2.70. The molecule has 1 saturated heterocycles. The van der Waals surface area contributed by atoms with Gasteiger partial charge < -0.3 is 10.2 Å². The normalized spacial score (nSPS) is 18.5. The highest BCUT2D eigenvalue weighted by atomic mass is 79.9. The van der Waals surface area contributed by atoms with Crippen molar-refractivity contribution in [2.75, 3.05) is 19.6 Å². The minimum Gasteiger partial charge on any atom is -0.328 e. The lowest BCUT2D eigenvalue weighted by Gasteiger charge is -2.36. The SMILES string of the molecule is O=C(c1ccc(Br)cn1)N1CCNCC1c1cccnc1. The molecule has 1 atom stereocenters. The Balaban J connectivity index is 1.87. The summed E-state index contributed by atoms with van der Waals surface area (Å²) in [6, 6.07) is 7.46. The van der Waals surface area contributed by atoms with Crippen molar-refractivity contribution in [3.05, 3.63) is 58.6 Å². The van der Waals surface area contributed by atoms with Crippen LogP contribution >= 0.6 is 15.9 Å². The summed E-state index contributed by atoms with van der Waals surface area (Å²) in [7, 11) is 0. The summed E-state index contributed by atoms with van der Waals surface area (Å²) in [6.45, 7) is 2.18. The number of amides is 1. The Morgan fingerprint density at radius 1 is 1.33 bits per heavy atom. The van der Waals surface area contributed by atoms with Crippen molar-refractivity contribution in [3.8, 4) is 0 Å². The predicted octanol–water partition coefficient (Wildman–Crippen LogP) is 2.03. The fraction of sp³-hybridized carbons (Fsp3) is 0.267. The average molecular weight is 347 g/mol. The molecule has 1 aliphatic heterocycles. The van der Waals surface area contributed by atoms with Gasteiger partial charge in [0.25, 0.3) is 5.91 Å². The van der Waals surface area contributed by atoms with Crippen LogP contribution in [0.2, 0.25) is 0 Å². The number of nitrogens with one attached hydrogen (secondary N) is 1. The quantitative estimate of drug-likeness (QED) is 0.903. The van der Waals surface area contributed by atoms with E-state index in [0.717, 1.165) is 23.1 Å². The molecule has 1 N–H and O–H groups in total. The maximum absolute atomic E-state index is 12.7. The van der Waals surface area contributed by atoms with Crippen molar-refractivity contribution in [1.82, 2.24) is 20.2 Å². The lowest BCUT2D eigenvalue weighted by Crippen LogP contribution is -2.48. The van der Waals surface area contributed by atoms with Crippen LogP contribution in [-0.2, 0) is 0 Å². The molecule has 6 heteroatoms. The van der Waals surface area contributed by atoms with Crippen LogP contribution < -0.4 is 5.32 Å². The summed E-state index contributed by atoms with van der Waals surface area (Å²) in [5, 5.41) is 3.33. The molecular formula is C15H15BrN4O. The summed E-state index contributed by atoms with van der Waals surface area (Å²) in [4.78, 5) is 22.9. The van der Waals surface area contributed by atoms with Gasteiger partial charge in [-0.15, -0.1) is 0 Å². The molecule has 0 bridgehead atoms. The van der Waals surface area contributed by atoms with Crippen molar-refractivity contribution in [2.24, 2.45) is 0 Å². The topological polar surface area (TPSA) is 58.1 Å².